The summed E-state index contributed by atoms with van der Waals surface area (Å²) >= 11 is 0. The fourth-order valence-corrected chi connectivity index (χ4v) is 8.36. The Morgan fingerprint density at radius 3 is 1.70 bits per heavy atom. The number of carbonyl (C=O) groups is 11. The highest BCUT2D eigenvalue weighted by atomic mass is 16.3. The Bertz CT molecular complexity index is 2480. The van der Waals surface area contributed by atoms with Crippen molar-refractivity contribution in [3.63, 3.8) is 0 Å². The second-order valence-corrected chi connectivity index (χ2v) is 19.9. The first-order chi connectivity index (χ1) is 38.9. The number of pyridine rings is 1. The lowest BCUT2D eigenvalue weighted by molar-refractivity contribution is -0.148. The maximum Gasteiger partial charge on any atom is 0.272 e. The maximum absolute atomic E-state index is 14.5. The van der Waals surface area contributed by atoms with Gasteiger partial charge in [0.1, 0.15) is 54.4 Å². The standard InChI is InChI=1S/C52H83N17O13/c1-5-28(2)39-49(79)64-33(12-20-54)42(72)62-36(15-23-57)48(78)69-52(4,82)51(81)59-26-18-37(45(75)61-32(11-19-53)44(74)66-38(47(77)67-39)27-30-9-7-6-8-10-30)63-43(73)34(13-21-55)65-50(80)40(29(3)70)68-46(76)35(14-22-56)60-41(71)31-16-24-58-25-17-31/h6-10,16-17,24-25,28-29,32-40,70,82H,5,11-15,18-23,26-27,53-57H2,1-4H3,(H,59,81)(H,60,71)(H,61,75)(H,62,72)(H,63,73)(H,64,79)(H,65,80)(H,66,74)(H,67,77)(H,68,76)(H,69,78)/t28-,29+,32-,33-,34-,35-,36-,37-,38+,39-,40-,52-/m0/s1. The monoisotopic (exact) mass is 1150 g/mol. The van der Waals surface area contributed by atoms with Gasteiger partial charge in [-0.15, -0.1) is 0 Å². The zero-order valence-electron chi connectivity index (χ0n) is 46.7. The van der Waals surface area contributed by atoms with Gasteiger partial charge in [-0.1, -0.05) is 50.6 Å². The first-order valence-corrected chi connectivity index (χ1v) is 27.1. The highest BCUT2D eigenvalue weighted by molar-refractivity contribution is 6.00. The molecule has 30 nitrogen and oxygen atoms in total. The van der Waals surface area contributed by atoms with Gasteiger partial charge < -0.3 is 97.4 Å². The molecule has 11 amide bonds. The molecule has 12 atom stereocenters. The average Bonchev–Trinajstić information content (AvgIpc) is 3.50. The second-order valence-electron chi connectivity index (χ2n) is 19.9. The van der Waals surface area contributed by atoms with Crippen LogP contribution in [0.15, 0.2) is 54.9 Å². The average molecular weight is 1150 g/mol. The van der Waals surface area contributed by atoms with Crippen molar-refractivity contribution in [2.75, 3.05) is 39.3 Å². The molecule has 454 valence electrons. The van der Waals surface area contributed by atoms with Crippen molar-refractivity contribution in [1.82, 2.24) is 63.5 Å². The SMILES string of the molecule is CC[C@H](C)[C@@H]1NC(=O)[C@@H](Cc2ccccc2)NC(=O)[C@H](CCN)NC(=O)[C@@H](NC(=O)[C@H](CCN)NC(=O)[C@@H](NC(=O)[C@H](CCN)NC(=O)c2ccncc2)[C@@H](C)O)CCNC(=O)[C@](C)(O)NC(=O)[C@H](CCN)NC(=O)[C@H](CCN)NC1=O. The number of aliphatic hydroxyl groups is 2. The molecule has 1 saturated heterocycles. The Hall–Kier alpha value is -7.74. The number of hydrogen-bond acceptors (Lipinski definition) is 19. The van der Waals surface area contributed by atoms with Crippen LogP contribution in [0.4, 0.5) is 0 Å². The number of amides is 11. The van der Waals surface area contributed by atoms with Crippen LogP contribution in [0.1, 0.15) is 88.6 Å². The summed E-state index contributed by atoms with van der Waals surface area (Å²) in [6.07, 6.45) is -0.187. The summed E-state index contributed by atoms with van der Waals surface area (Å²) in [4.78, 5) is 157. The summed E-state index contributed by atoms with van der Waals surface area (Å²) in [6.45, 7) is 4.13. The third kappa shape index (κ3) is 21.6. The Labute approximate surface area is 475 Å². The first kappa shape index (κ1) is 68.5. The molecule has 1 aliphatic heterocycles. The lowest BCUT2D eigenvalue weighted by Gasteiger charge is -2.30. The van der Waals surface area contributed by atoms with Crippen LogP contribution in [-0.4, -0.2) is 186 Å². The van der Waals surface area contributed by atoms with E-state index in [1.807, 2.05) is 0 Å². The summed E-state index contributed by atoms with van der Waals surface area (Å²) in [7, 11) is 0. The van der Waals surface area contributed by atoms with Crippen molar-refractivity contribution in [2.45, 2.75) is 145 Å². The molecule has 0 aliphatic carbocycles. The highest BCUT2D eigenvalue weighted by Crippen LogP contribution is 2.13. The zero-order valence-corrected chi connectivity index (χ0v) is 46.7. The van der Waals surface area contributed by atoms with Crippen LogP contribution in [0.25, 0.3) is 0 Å². The summed E-state index contributed by atoms with van der Waals surface area (Å²) in [5.41, 5.74) is 27.2. The third-order valence-electron chi connectivity index (χ3n) is 13.3. The molecule has 0 radical (unpaired) electrons. The summed E-state index contributed by atoms with van der Waals surface area (Å²) in [5.74, 6) is -11.2. The van der Waals surface area contributed by atoms with Crippen LogP contribution >= 0.6 is 0 Å². The minimum absolute atomic E-state index is 0.0792. The number of nitrogens with zero attached hydrogens (tertiary/aromatic N) is 1. The fraction of sp³-hybridized carbons (Fsp3) is 0.577. The van der Waals surface area contributed by atoms with E-state index in [4.69, 9.17) is 28.7 Å². The molecule has 0 unspecified atom stereocenters. The van der Waals surface area contributed by atoms with Crippen LogP contribution in [0.3, 0.4) is 0 Å². The molecule has 3 rings (SSSR count). The van der Waals surface area contributed by atoms with E-state index in [-0.39, 0.29) is 76.8 Å². The van der Waals surface area contributed by atoms with Gasteiger partial charge in [0.05, 0.1) is 6.10 Å². The Morgan fingerprint density at radius 2 is 1.16 bits per heavy atom. The molecule has 1 aromatic carbocycles. The van der Waals surface area contributed by atoms with E-state index in [0.717, 1.165) is 6.92 Å². The van der Waals surface area contributed by atoms with Gasteiger partial charge in [0.25, 0.3) is 11.8 Å². The first-order valence-electron chi connectivity index (χ1n) is 27.1. The van der Waals surface area contributed by atoms with Gasteiger partial charge in [0.2, 0.25) is 58.9 Å². The van der Waals surface area contributed by atoms with E-state index in [2.05, 4.69) is 63.5 Å². The van der Waals surface area contributed by atoms with Crippen molar-refractivity contribution in [3.8, 4) is 0 Å². The number of nitrogens with two attached hydrogens (primary N) is 5. The number of rotatable bonds is 23. The van der Waals surface area contributed by atoms with Gasteiger partial charge in [-0.3, -0.25) is 57.7 Å². The Kier molecular flexibility index (Phi) is 28.9. The van der Waals surface area contributed by atoms with Crippen LogP contribution in [0.5, 0.6) is 0 Å². The van der Waals surface area contributed by atoms with Gasteiger partial charge in [-0.2, -0.15) is 0 Å². The minimum atomic E-state index is -2.71. The van der Waals surface area contributed by atoms with Crippen molar-refractivity contribution in [3.05, 3.63) is 66.0 Å². The number of benzene rings is 1. The maximum atomic E-state index is 14.5. The second kappa shape index (κ2) is 34.5. The van der Waals surface area contributed by atoms with Gasteiger partial charge in [-0.25, -0.2) is 0 Å². The Morgan fingerprint density at radius 1 is 0.646 bits per heavy atom. The number of hydrogen-bond donors (Lipinski definition) is 18. The largest absolute Gasteiger partial charge is 0.391 e. The molecule has 30 heteroatoms. The highest BCUT2D eigenvalue weighted by Gasteiger charge is 2.39. The predicted octanol–water partition coefficient (Wildman–Crippen LogP) is -7.18. The topological polar surface area (TPSA) is 504 Å². The van der Waals surface area contributed by atoms with Crippen molar-refractivity contribution >= 4 is 65.0 Å². The molecular weight excluding hydrogens is 1070 g/mol. The summed E-state index contributed by atoms with van der Waals surface area (Å²) in [6, 6.07) is -2.15. The van der Waals surface area contributed by atoms with Crippen molar-refractivity contribution in [2.24, 2.45) is 34.6 Å². The molecule has 2 heterocycles. The number of aromatic nitrogens is 1. The molecule has 0 spiro atoms. The third-order valence-corrected chi connectivity index (χ3v) is 13.3. The van der Waals surface area contributed by atoms with Crippen LogP contribution in [0, 0.1) is 5.92 Å². The smallest absolute Gasteiger partial charge is 0.272 e. The van der Waals surface area contributed by atoms with Crippen LogP contribution < -0.4 is 87.2 Å². The van der Waals surface area contributed by atoms with Crippen molar-refractivity contribution < 1.29 is 63.0 Å². The lowest BCUT2D eigenvalue weighted by Crippen LogP contribution is -2.63. The predicted molar refractivity (Wildman–Crippen MR) is 297 cm³/mol. The minimum Gasteiger partial charge on any atom is -0.391 e. The molecule has 23 N–H and O–H groups in total. The van der Waals surface area contributed by atoms with E-state index in [1.54, 1.807) is 44.2 Å². The molecule has 1 aromatic heterocycles. The summed E-state index contributed by atoms with van der Waals surface area (Å²) < 4.78 is 0. The van der Waals surface area contributed by atoms with E-state index >= 15 is 0 Å². The van der Waals surface area contributed by atoms with E-state index in [9.17, 15) is 63.0 Å². The van der Waals surface area contributed by atoms with E-state index < -0.39 is 150 Å². The van der Waals surface area contributed by atoms with Gasteiger partial charge >= 0.3 is 0 Å². The van der Waals surface area contributed by atoms with Crippen LogP contribution in [0.2, 0.25) is 0 Å². The lowest BCUT2D eigenvalue weighted by atomic mass is 9.96. The number of nitrogens with one attached hydrogen (secondary N) is 11. The van der Waals surface area contributed by atoms with Gasteiger partial charge in [-0.05, 0) is 109 Å². The summed E-state index contributed by atoms with van der Waals surface area (Å²) in [5, 5.41) is 49.3. The number of carbonyl (C=O) groups excluding carboxylic acids is 11. The molecular formula is C52H83N17O13. The molecule has 0 saturated carbocycles. The van der Waals surface area contributed by atoms with Gasteiger partial charge in [0, 0.05) is 30.9 Å². The molecule has 1 aliphatic rings. The molecule has 2 aromatic rings. The van der Waals surface area contributed by atoms with E-state index in [0.29, 0.717) is 12.0 Å². The Balaban J connectivity index is 2.08. The normalized spacial score (nSPS) is 23.7. The quantitative estimate of drug-likeness (QED) is 0.0492. The molecule has 0 bridgehead atoms. The molecule has 1 fully saturated rings. The van der Waals surface area contributed by atoms with Crippen molar-refractivity contribution in [1.29, 1.82) is 0 Å². The number of aliphatic hydroxyl groups excluding tert-OH is 1. The van der Waals surface area contributed by atoms with Gasteiger partial charge in [0.15, 0.2) is 0 Å². The van der Waals surface area contributed by atoms with Crippen LogP contribution in [-0.2, 0) is 54.4 Å². The fourth-order valence-electron chi connectivity index (χ4n) is 8.36. The zero-order chi connectivity index (χ0) is 61.1. The van der Waals surface area contributed by atoms with E-state index in [1.165, 1.54) is 31.5 Å². The molecule has 82 heavy (non-hydrogen) atoms.